The number of rotatable bonds is 10. The average molecular weight is 238 g/mol. The van der Waals surface area contributed by atoms with Gasteiger partial charge in [0.1, 0.15) is 6.61 Å². The van der Waals surface area contributed by atoms with Crippen molar-refractivity contribution in [3.8, 4) is 0 Å². The van der Waals surface area contributed by atoms with E-state index in [1.165, 1.54) is 0 Å². The monoisotopic (exact) mass is 238 g/mol. The molecular weight excluding hydrogens is 216 g/mol. The lowest BCUT2D eigenvalue weighted by Gasteiger charge is -2.04. The Morgan fingerprint density at radius 3 is 2.65 bits per heavy atom. The zero-order valence-electron chi connectivity index (χ0n) is 10.6. The van der Waals surface area contributed by atoms with Crippen molar-refractivity contribution in [2.24, 2.45) is 0 Å². The van der Waals surface area contributed by atoms with Crippen LogP contribution in [0.3, 0.4) is 0 Å². The fourth-order valence-electron chi connectivity index (χ4n) is 1.03. The van der Waals surface area contributed by atoms with Crippen molar-refractivity contribution >= 4 is 5.97 Å². The zero-order valence-corrected chi connectivity index (χ0v) is 10.6. The third-order valence-corrected chi connectivity index (χ3v) is 1.94. The Bertz CT molecular complexity index is 267. The second-order valence-electron chi connectivity index (χ2n) is 3.67. The standard InChI is InChI=1S/C14H22O3/c1-4-5-6-7-8-9-10-16-11-12-17-14(15)13(2)3/h4,6-7H,1-2,5,8-12H2,3H3. The summed E-state index contributed by atoms with van der Waals surface area (Å²) in [6.07, 6.45) is 8.95. The minimum atomic E-state index is -0.360. The van der Waals surface area contributed by atoms with Crippen LogP contribution in [0.5, 0.6) is 0 Å². The van der Waals surface area contributed by atoms with E-state index >= 15 is 0 Å². The first-order valence-corrected chi connectivity index (χ1v) is 5.84. The van der Waals surface area contributed by atoms with Gasteiger partial charge in [-0.1, -0.05) is 24.8 Å². The molecule has 0 aromatic carbocycles. The van der Waals surface area contributed by atoms with E-state index in [4.69, 9.17) is 9.47 Å². The molecule has 0 heterocycles. The van der Waals surface area contributed by atoms with Crippen LogP contribution < -0.4 is 0 Å². The molecule has 0 atom stereocenters. The first kappa shape index (κ1) is 15.7. The first-order valence-electron chi connectivity index (χ1n) is 5.84. The van der Waals surface area contributed by atoms with Gasteiger partial charge >= 0.3 is 5.97 Å². The molecule has 0 aliphatic rings. The van der Waals surface area contributed by atoms with Gasteiger partial charge in [0.25, 0.3) is 0 Å². The number of carbonyl (C=O) groups excluding carboxylic acids is 1. The lowest BCUT2D eigenvalue weighted by molar-refractivity contribution is -0.140. The molecule has 0 aromatic rings. The van der Waals surface area contributed by atoms with Crippen LogP contribution >= 0.6 is 0 Å². The summed E-state index contributed by atoms with van der Waals surface area (Å²) in [6.45, 7) is 10.2. The van der Waals surface area contributed by atoms with Crippen LogP contribution in [0, 0.1) is 0 Å². The maximum atomic E-state index is 11.0. The largest absolute Gasteiger partial charge is 0.460 e. The van der Waals surface area contributed by atoms with E-state index in [1.54, 1.807) is 6.92 Å². The van der Waals surface area contributed by atoms with E-state index in [9.17, 15) is 4.79 Å². The minimum Gasteiger partial charge on any atom is -0.460 e. The summed E-state index contributed by atoms with van der Waals surface area (Å²) in [5.41, 5.74) is 0.414. The van der Waals surface area contributed by atoms with Crippen molar-refractivity contribution in [2.75, 3.05) is 19.8 Å². The van der Waals surface area contributed by atoms with Gasteiger partial charge in [-0.25, -0.2) is 4.79 Å². The van der Waals surface area contributed by atoms with Crippen LogP contribution in [0.4, 0.5) is 0 Å². The highest BCUT2D eigenvalue weighted by atomic mass is 16.6. The van der Waals surface area contributed by atoms with E-state index in [0.717, 1.165) is 19.3 Å². The van der Waals surface area contributed by atoms with E-state index in [-0.39, 0.29) is 12.6 Å². The molecule has 0 unspecified atom stereocenters. The molecule has 0 saturated carbocycles. The number of esters is 1. The molecule has 0 radical (unpaired) electrons. The summed E-state index contributed by atoms with van der Waals surface area (Å²) in [5.74, 6) is -0.360. The topological polar surface area (TPSA) is 35.5 Å². The number of ether oxygens (including phenoxy) is 2. The lowest BCUT2D eigenvalue weighted by Crippen LogP contribution is -2.11. The van der Waals surface area contributed by atoms with Gasteiger partial charge < -0.3 is 9.47 Å². The molecule has 17 heavy (non-hydrogen) atoms. The van der Waals surface area contributed by atoms with Gasteiger partial charge in [-0.3, -0.25) is 0 Å². The van der Waals surface area contributed by atoms with Gasteiger partial charge in [0, 0.05) is 12.2 Å². The van der Waals surface area contributed by atoms with E-state index < -0.39 is 0 Å². The maximum Gasteiger partial charge on any atom is 0.333 e. The molecule has 3 heteroatoms. The highest BCUT2D eigenvalue weighted by molar-refractivity contribution is 5.86. The second kappa shape index (κ2) is 11.1. The van der Waals surface area contributed by atoms with E-state index in [0.29, 0.717) is 18.8 Å². The lowest BCUT2D eigenvalue weighted by atomic mass is 10.3. The zero-order chi connectivity index (χ0) is 12.9. The number of allylic oxidation sites excluding steroid dienone is 3. The Kier molecular flexibility index (Phi) is 10.3. The first-order chi connectivity index (χ1) is 8.18. The summed E-state index contributed by atoms with van der Waals surface area (Å²) in [4.78, 5) is 11.0. The van der Waals surface area contributed by atoms with Crippen LogP contribution in [0.15, 0.2) is 37.0 Å². The van der Waals surface area contributed by atoms with E-state index in [1.807, 2.05) is 6.08 Å². The average Bonchev–Trinajstić information content (AvgIpc) is 2.31. The van der Waals surface area contributed by atoms with Crippen molar-refractivity contribution in [3.05, 3.63) is 37.0 Å². The fourth-order valence-corrected chi connectivity index (χ4v) is 1.03. The van der Waals surface area contributed by atoms with Crippen LogP contribution in [-0.4, -0.2) is 25.8 Å². The Morgan fingerprint density at radius 1 is 1.24 bits per heavy atom. The summed E-state index contributed by atoms with van der Waals surface area (Å²) in [6, 6.07) is 0. The SMILES string of the molecule is C=CCC=CCCCOCCOC(=O)C(=C)C. The molecule has 0 aromatic heterocycles. The quantitative estimate of drug-likeness (QED) is 0.254. The predicted molar refractivity (Wildman–Crippen MR) is 69.8 cm³/mol. The van der Waals surface area contributed by atoms with Crippen LogP contribution in [0.2, 0.25) is 0 Å². The van der Waals surface area contributed by atoms with Crippen LogP contribution in [-0.2, 0) is 14.3 Å². The van der Waals surface area contributed by atoms with Crippen LogP contribution in [0.1, 0.15) is 26.2 Å². The second-order valence-corrected chi connectivity index (χ2v) is 3.67. The third kappa shape index (κ3) is 10.9. The summed E-state index contributed by atoms with van der Waals surface area (Å²) >= 11 is 0. The molecule has 0 bridgehead atoms. The van der Waals surface area contributed by atoms with Crippen molar-refractivity contribution in [1.82, 2.24) is 0 Å². The summed E-state index contributed by atoms with van der Waals surface area (Å²) in [5, 5.41) is 0. The molecule has 0 saturated heterocycles. The molecule has 0 fully saturated rings. The highest BCUT2D eigenvalue weighted by Crippen LogP contribution is 1.95. The smallest absolute Gasteiger partial charge is 0.333 e. The normalized spacial score (nSPS) is 10.4. The number of hydrogen-bond acceptors (Lipinski definition) is 3. The predicted octanol–water partition coefficient (Wildman–Crippen LogP) is 3.03. The van der Waals surface area contributed by atoms with Gasteiger partial charge in [0.05, 0.1) is 6.61 Å². The number of carbonyl (C=O) groups is 1. The van der Waals surface area contributed by atoms with Gasteiger partial charge in [0.2, 0.25) is 0 Å². The van der Waals surface area contributed by atoms with Crippen molar-refractivity contribution in [3.63, 3.8) is 0 Å². The highest BCUT2D eigenvalue weighted by Gasteiger charge is 2.01. The Balaban J connectivity index is 3.21. The molecule has 3 nitrogen and oxygen atoms in total. The van der Waals surface area contributed by atoms with Gasteiger partial charge in [0.15, 0.2) is 0 Å². The molecule has 0 aliphatic carbocycles. The van der Waals surface area contributed by atoms with Crippen molar-refractivity contribution in [1.29, 1.82) is 0 Å². The third-order valence-electron chi connectivity index (χ3n) is 1.94. The fraction of sp³-hybridized carbons (Fsp3) is 0.500. The number of unbranched alkanes of at least 4 members (excludes halogenated alkanes) is 1. The van der Waals surface area contributed by atoms with E-state index in [2.05, 4.69) is 25.3 Å². The Labute approximate surface area is 104 Å². The Hall–Kier alpha value is -1.35. The molecular formula is C14H22O3. The molecule has 0 rings (SSSR count). The summed E-state index contributed by atoms with van der Waals surface area (Å²) < 4.78 is 10.2. The molecule has 0 spiro atoms. The van der Waals surface area contributed by atoms with Crippen molar-refractivity contribution in [2.45, 2.75) is 26.2 Å². The maximum absolute atomic E-state index is 11.0. The number of hydrogen-bond donors (Lipinski definition) is 0. The molecule has 0 aliphatic heterocycles. The molecule has 96 valence electrons. The van der Waals surface area contributed by atoms with Gasteiger partial charge in [-0.2, -0.15) is 0 Å². The summed E-state index contributed by atoms with van der Waals surface area (Å²) in [7, 11) is 0. The van der Waals surface area contributed by atoms with Gasteiger partial charge in [-0.05, 0) is 26.2 Å². The van der Waals surface area contributed by atoms with Gasteiger partial charge in [-0.15, -0.1) is 6.58 Å². The minimum absolute atomic E-state index is 0.290. The molecule has 0 N–H and O–H groups in total. The van der Waals surface area contributed by atoms with Crippen LogP contribution in [0.25, 0.3) is 0 Å². The Morgan fingerprint density at radius 2 is 2.00 bits per heavy atom. The molecule has 0 amide bonds. The van der Waals surface area contributed by atoms with Crippen molar-refractivity contribution < 1.29 is 14.3 Å².